The minimum absolute atomic E-state index is 0.211. The van der Waals surface area contributed by atoms with E-state index in [2.05, 4.69) is 50.7 Å². The molecule has 0 spiro atoms. The molecular weight excluding hydrogens is 374 g/mol. The summed E-state index contributed by atoms with van der Waals surface area (Å²) in [6, 6.07) is 14.0. The van der Waals surface area contributed by atoms with Gasteiger partial charge in [-0.05, 0) is 56.0 Å². The maximum absolute atomic E-state index is 12.6. The fraction of sp³-hybridized carbons (Fsp3) is 0.208. The van der Waals surface area contributed by atoms with Gasteiger partial charge in [-0.15, -0.1) is 0 Å². The van der Waals surface area contributed by atoms with Crippen molar-refractivity contribution in [2.75, 3.05) is 11.9 Å². The van der Waals surface area contributed by atoms with Gasteiger partial charge in [0.1, 0.15) is 5.69 Å². The third kappa shape index (κ3) is 4.17. The van der Waals surface area contributed by atoms with E-state index in [0.29, 0.717) is 18.2 Å². The van der Waals surface area contributed by atoms with Gasteiger partial charge in [0.15, 0.2) is 0 Å². The number of anilines is 2. The van der Waals surface area contributed by atoms with Crippen LogP contribution in [-0.4, -0.2) is 27.4 Å². The number of carbonyl (C=O) groups is 1. The topological polar surface area (TPSA) is 82.7 Å². The van der Waals surface area contributed by atoms with E-state index in [-0.39, 0.29) is 5.91 Å². The van der Waals surface area contributed by atoms with Gasteiger partial charge in [-0.2, -0.15) is 0 Å². The Balaban J connectivity index is 1.41. The number of nitrogens with one attached hydrogen (secondary N) is 3. The van der Waals surface area contributed by atoms with Crippen LogP contribution in [0.15, 0.2) is 54.9 Å². The third-order valence-corrected chi connectivity index (χ3v) is 5.16. The zero-order valence-corrected chi connectivity index (χ0v) is 17.4. The summed E-state index contributed by atoms with van der Waals surface area (Å²) in [6.45, 7) is 6.69. The minimum Gasteiger partial charge on any atom is -0.361 e. The maximum Gasteiger partial charge on any atom is 0.270 e. The summed E-state index contributed by atoms with van der Waals surface area (Å²) in [5, 5.41) is 7.39. The summed E-state index contributed by atoms with van der Waals surface area (Å²) in [7, 11) is 0. The maximum atomic E-state index is 12.6. The summed E-state index contributed by atoms with van der Waals surface area (Å²) in [5.74, 6) is 0.201. The third-order valence-electron chi connectivity index (χ3n) is 5.16. The molecule has 0 aliphatic carbocycles. The molecule has 0 bridgehead atoms. The van der Waals surface area contributed by atoms with Gasteiger partial charge in [-0.1, -0.05) is 35.9 Å². The average molecular weight is 399 g/mol. The highest BCUT2D eigenvalue weighted by molar-refractivity contribution is 5.92. The monoisotopic (exact) mass is 399 g/mol. The molecule has 6 nitrogen and oxygen atoms in total. The van der Waals surface area contributed by atoms with Crippen molar-refractivity contribution in [2.24, 2.45) is 0 Å². The predicted octanol–water partition coefficient (Wildman–Crippen LogP) is 4.60. The van der Waals surface area contributed by atoms with E-state index < -0.39 is 0 Å². The zero-order valence-electron chi connectivity index (χ0n) is 17.4. The molecule has 0 fully saturated rings. The van der Waals surface area contributed by atoms with Crippen molar-refractivity contribution in [1.29, 1.82) is 0 Å². The van der Waals surface area contributed by atoms with Crippen molar-refractivity contribution >= 4 is 28.4 Å². The van der Waals surface area contributed by atoms with E-state index in [1.165, 1.54) is 16.5 Å². The number of aromatic amines is 1. The Morgan fingerprint density at radius 2 is 1.83 bits per heavy atom. The molecule has 30 heavy (non-hydrogen) atoms. The molecule has 6 heteroatoms. The van der Waals surface area contributed by atoms with Crippen molar-refractivity contribution in [3.8, 4) is 0 Å². The van der Waals surface area contributed by atoms with Crippen molar-refractivity contribution in [2.45, 2.75) is 27.2 Å². The largest absolute Gasteiger partial charge is 0.361 e. The molecule has 4 rings (SSSR count). The lowest BCUT2D eigenvalue weighted by Crippen LogP contribution is -2.26. The van der Waals surface area contributed by atoms with Crippen LogP contribution in [-0.2, 0) is 6.42 Å². The van der Waals surface area contributed by atoms with Crippen LogP contribution in [0.4, 0.5) is 11.6 Å². The Bertz CT molecular complexity index is 1190. The molecule has 2 aromatic heterocycles. The normalized spacial score (nSPS) is 10.9. The standard InChI is InChI=1S/C24H25N5O/c1-15-12-16(2)22(17(3)13-15)29-24-26-11-9-21(28-24)23(30)25-10-8-18-14-27-20-7-5-4-6-19(18)20/h4-7,9,11-14,27H,8,10H2,1-3H3,(H,25,30)(H,26,28,29). The van der Waals surface area contributed by atoms with Gasteiger partial charge in [-0.3, -0.25) is 4.79 Å². The Morgan fingerprint density at radius 3 is 2.63 bits per heavy atom. The first kappa shape index (κ1) is 19.6. The number of amides is 1. The number of nitrogens with zero attached hydrogens (tertiary/aromatic N) is 2. The van der Waals surface area contributed by atoms with E-state index in [1.807, 2.05) is 38.2 Å². The Labute approximate surface area is 175 Å². The smallest absolute Gasteiger partial charge is 0.270 e. The van der Waals surface area contributed by atoms with Crippen molar-refractivity contribution in [1.82, 2.24) is 20.3 Å². The molecule has 4 aromatic rings. The van der Waals surface area contributed by atoms with E-state index in [9.17, 15) is 4.79 Å². The lowest BCUT2D eigenvalue weighted by Gasteiger charge is -2.13. The fourth-order valence-corrected chi connectivity index (χ4v) is 3.77. The summed E-state index contributed by atoms with van der Waals surface area (Å²) >= 11 is 0. The van der Waals surface area contributed by atoms with Gasteiger partial charge in [-0.25, -0.2) is 9.97 Å². The van der Waals surface area contributed by atoms with E-state index in [0.717, 1.165) is 28.8 Å². The van der Waals surface area contributed by atoms with Crippen LogP contribution in [0.5, 0.6) is 0 Å². The van der Waals surface area contributed by atoms with Gasteiger partial charge in [0.2, 0.25) is 5.95 Å². The van der Waals surface area contributed by atoms with Crippen molar-refractivity contribution in [3.05, 3.63) is 82.8 Å². The van der Waals surface area contributed by atoms with Crippen LogP contribution < -0.4 is 10.6 Å². The van der Waals surface area contributed by atoms with E-state index in [1.54, 1.807) is 12.3 Å². The van der Waals surface area contributed by atoms with Crippen LogP contribution in [0.2, 0.25) is 0 Å². The van der Waals surface area contributed by atoms with Crippen LogP contribution in [0.25, 0.3) is 10.9 Å². The number of hydrogen-bond donors (Lipinski definition) is 3. The highest BCUT2D eigenvalue weighted by Crippen LogP contribution is 2.24. The minimum atomic E-state index is -0.211. The molecule has 3 N–H and O–H groups in total. The summed E-state index contributed by atoms with van der Waals surface area (Å²) in [6.07, 6.45) is 4.34. The van der Waals surface area contributed by atoms with Crippen LogP contribution in [0.1, 0.15) is 32.7 Å². The fourth-order valence-electron chi connectivity index (χ4n) is 3.77. The first-order valence-electron chi connectivity index (χ1n) is 10.0. The zero-order chi connectivity index (χ0) is 21.1. The Kier molecular flexibility index (Phi) is 5.48. The van der Waals surface area contributed by atoms with Gasteiger partial charge in [0.05, 0.1) is 0 Å². The average Bonchev–Trinajstić information content (AvgIpc) is 3.14. The second-order valence-corrected chi connectivity index (χ2v) is 7.53. The molecule has 0 atom stereocenters. The highest BCUT2D eigenvalue weighted by atomic mass is 16.1. The second kappa shape index (κ2) is 8.37. The van der Waals surface area contributed by atoms with Gasteiger partial charge in [0, 0.05) is 35.5 Å². The quantitative estimate of drug-likeness (QED) is 0.442. The number of aromatic nitrogens is 3. The molecule has 2 aromatic carbocycles. The van der Waals surface area contributed by atoms with Gasteiger partial charge in [0.25, 0.3) is 5.91 Å². The SMILES string of the molecule is Cc1cc(C)c(Nc2nccc(C(=O)NCCc3c[nH]c4ccccc34)n2)c(C)c1. The van der Waals surface area contributed by atoms with Gasteiger partial charge >= 0.3 is 0 Å². The number of carbonyl (C=O) groups excluding carboxylic acids is 1. The van der Waals surface area contributed by atoms with Crippen LogP contribution >= 0.6 is 0 Å². The number of fused-ring (bicyclic) bond motifs is 1. The molecule has 0 aliphatic rings. The molecule has 0 aliphatic heterocycles. The molecule has 0 saturated heterocycles. The van der Waals surface area contributed by atoms with Crippen molar-refractivity contribution in [3.63, 3.8) is 0 Å². The molecule has 1 amide bonds. The first-order chi connectivity index (χ1) is 14.5. The number of benzene rings is 2. The summed E-state index contributed by atoms with van der Waals surface area (Å²) in [5.41, 5.74) is 7.04. The lowest BCUT2D eigenvalue weighted by molar-refractivity contribution is 0.0949. The van der Waals surface area contributed by atoms with Gasteiger partial charge < -0.3 is 15.6 Å². The number of para-hydroxylation sites is 1. The first-order valence-corrected chi connectivity index (χ1v) is 10.0. The number of H-pyrrole nitrogens is 1. The molecule has 0 radical (unpaired) electrons. The number of aryl methyl sites for hydroxylation is 3. The van der Waals surface area contributed by atoms with Crippen molar-refractivity contribution < 1.29 is 4.79 Å². The molecular formula is C24H25N5O. The summed E-state index contributed by atoms with van der Waals surface area (Å²) in [4.78, 5) is 24.5. The molecule has 0 unspecified atom stereocenters. The van der Waals surface area contributed by atoms with Crippen LogP contribution in [0, 0.1) is 20.8 Å². The Hall–Kier alpha value is -3.67. The molecule has 2 heterocycles. The second-order valence-electron chi connectivity index (χ2n) is 7.53. The molecule has 152 valence electrons. The number of rotatable bonds is 6. The molecule has 0 saturated carbocycles. The van der Waals surface area contributed by atoms with E-state index in [4.69, 9.17) is 0 Å². The summed E-state index contributed by atoms with van der Waals surface area (Å²) < 4.78 is 0. The van der Waals surface area contributed by atoms with E-state index >= 15 is 0 Å². The Morgan fingerprint density at radius 1 is 1.07 bits per heavy atom. The number of hydrogen-bond acceptors (Lipinski definition) is 4. The highest BCUT2D eigenvalue weighted by Gasteiger charge is 2.11. The predicted molar refractivity (Wildman–Crippen MR) is 120 cm³/mol. The van der Waals surface area contributed by atoms with Crippen LogP contribution in [0.3, 0.4) is 0 Å². The lowest BCUT2D eigenvalue weighted by atomic mass is 10.1.